The van der Waals surface area contributed by atoms with Crippen molar-refractivity contribution in [1.82, 2.24) is 9.97 Å². The Balaban J connectivity index is 2.01. The molecule has 3 rings (SSSR count). The quantitative estimate of drug-likeness (QED) is 0.759. The Bertz CT molecular complexity index is 532. The molecule has 3 nitrogen and oxygen atoms in total. The highest BCUT2D eigenvalue weighted by Gasteiger charge is 2.12. The summed E-state index contributed by atoms with van der Waals surface area (Å²) in [6, 6.07) is 7.72. The van der Waals surface area contributed by atoms with Crippen LogP contribution in [0, 0.1) is 0 Å². The number of hydrogen-bond donors (Lipinski definition) is 1. The lowest BCUT2D eigenvalue weighted by Gasteiger charge is -2.14. The molecule has 1 aliphatic rings. The van der Waals surface area contributed by atoms with Gasteiger partial charge in [-0.2, -0.15) is 0 Å². The van der Waals surface area contributed by atoms with Gasteiger partial charge < -0.3 is 5.73 Å². The van der Waals surface area contributed by atoms with Gasteiger partial charge >= 0.3 is 0 Å². The third-order valence-corrected chi connectivity index (χ3v) is 3.23. The highest BCUT2D eigenvalue weighted by molar-refractivity contribution is 5.58. The molecule has 0 radical (unpaired) electrons. The second-order valence-corrected chi connectivity index (χ2v) is 4.49. The van der Waals surface area contributed by atoms with Crippen LogP contribution >= 0.6 is 0 Å². The summed E-state index contributed by atoms with van der Waals surface area (Å²) < 4.78 is 0. The topological polar surface area (TPSA) is 51.8 Å². The molecule has 17 heavy (non-hydrogen) atoms. The van der Waals surface area contributed by atoms with E-state index in [2.05, 4.69) is 9.97 Å². The Morgan fingerprint density at radius 2 is 1.76 bits per heavy atom. The molecule has 0 fully saturated rings. The van der Waals surface area contributed by atoms with Crippen molar-refractivity contribution in [2.75, 3.05) is 5.73 Å². The number of nitrogens with two attached hydrogens (primary N) is 1. The van der Waals surface area contributed by atoms with Crippen molar-refractivity contribution in [2.45, 2.75) is 25.7 Å². The summed E-state index contributed by atoms with van der Waals surface area (Å²) in [7, 11) is 0. The second kappa shape index (κ2) is 4.17. The van der Waals surface area contributed by atoms with Gasteiger partial charge in [0.2, 0.25) is 0 Å². The SMILES string of the molecule is Nc1ccc(-c2ncc3c(n2)CCCC3)cc1. The lowest BCUT2D eigenvalue weighted by Crippen LogP contribution is -2.07. The Hall–Kier alpha value is -1.90. The zero-order valence-electron chi connectivity index (χ0n) is 9.69. The zero-order chi connectivity index (χ0) is 11.7. The minimum atomic E-state index is 0.770. The summed E-state index contributed by atoms with van der Waals surface area (Å²) in [5.41, 5.74) is 10.0. The largest absolute Gasteiger partial charge is 0.399 e. The first kappa shape index (κ1) is 10.3. The first-order valence-corrected chi connectivity index (χ1v) is 6.03. The molecule has 1 aliphatic carbocycles. The summed E-state index contributed by atoms with van der Waals surface area (Å²) in [4.78, 5) is 9.10. The molecule has 3 heteroatoms. The minimum Gasteiger partial charge on any atom is -0.399 e. The van der Waals surface area contributed by atoms with Gasteiger partial charge in [-0.15, -0.1) is 0 Å². The van der Waals surface area contributed by atoms with Gasteiger partial charge in [-0.1, -0.05) is 0 Å². The average Bonchev–Trinajstić information content (AvgIpc) is 2.39. The smallest absolute Gasteiger partial charge is 0.159 e. The molecule has 1 heterocycles. The molecule has 0 unspecified atom stereocenters. The van der Waals surface area contributed by atoms with Crippen molar-refractivity contribution in [3.8, 4) is 11.4 Å². The predicted octanol–water partition coefficient (Wildman–Crippen LogP) is 2.60. The normalized spacial score (nSPS) is 14.4. The number of aryl methyl sites for hydroxylation is 2. The number of aromatic nitrogens is 2. The molecule has 2 aromatic rings. The van der Waals surface area contributed by atoms with Crippen molar-refractivity contribution in [2.24, 2.45) is 0 Å². The molecular weight excluding hydrogens is 210 g/mol. The van der Waals surface area contributed by atoms with E-state index in [1.165, 1.54) is 24.1 Å². The summed E-state index contributed by atoms with van der Waals surface area (Å²) >= 11 is 0. The second-order valence-electron chi connectivity index (χ2n) is 4.49. The maximum atomic E-state index is 5.67. The number of benzene rings is 1. The molecule has 0 spiro atoms. The van der Waals surface area contributed by atoms with Gasteiger partial charge in [0.25, 0.3) is 0 Å². The van der Waals surface area contributed by atoms with Crippen molar-refractivity contribution in [3.63, 3.8) is 0 Å². The third kappa shape index (κ3) is 2.00. The van der Waals surface area contributed by atoms with Crippen LogP contribution in [0.1, 0.15) is 24.1 Å². The van der Waals surface area contributed by atoms with Gasteiger partial charge in [0.15, 0.2) is 5.82 Å². The molecule has 1 aromatic carbocycles. The van der Waals surface area contributed by atoms with E-state index in [0.717, 1.165) is 29.9 Å². The van der Waals surface area contributed by atoms with Gasteiger partial charge in [-0.3, -0.25) is 0 Å². The summed E-state index contributed by atoms with van der Waals surface area (Å²) in [5, 5.41) is 0. The van der Waals surface area contributed by atoms with Gasteiger partial charge in [0, 0.05) is 23.1 Å². The molecule has 0 amide bonds. The van der Waals surface area contributed by atoms with Gasteiger partial charge in [-0.05, 0) is 55.5 Å². The van der Waals surface area contributed by atoms with Crippen LogP contribution in [-0.2, 0) is 12.8 Å². The predicted molar refractivity (Wildman–Crippen MR) is 68.5 cm³/mol. The first-order valence-electron chi connectivity index (χ1n) is 6.03. The van der Waals surface area contributed by atoms with E-state index in [9.17, 15) is 0 Å². The van der Waals surface area contributed by atoms with Gasteiger partial charge in [-0.25, -0.2) is 9.97 Å². The summed E-state index contributed by atoms with van der Waals surface area (Å²) in [6.45, 7) is 0. The maximum Gasteiger partial charge on any atom is 0.159 e. The number of nitrogens with zero attached hydrogens (tertiary/aromatic N) is 2. The number of nitrogen functional groups attached to an aromatic ring is 1. The molecule has 2 N–H and O–H groups in total. The molecular formula is C14H15N3. The van der Waals surface area contributed by atoms with Crippen molar-refractivity contribution >= 4 is 5.69 Å². The lowest BCUT2D eigenvalue weighted by atomic mass is 9.97. The molecule has 0 aliphatic heterocycles. The van der Waals surface area contributed by atoms with E-state index in [4.69, 9.17) is 5.73 Å². The molecule has 0 saturated carbocycles. The molecule has 0 atom stereocenters. The Kier molecular flexibility index (Phi) is 2.52. The summed E-state index contributed by atoms with van der Waals surface area (Å²) in [5.74, 6) is 0.811. The standard InChI is InChI=1S/C14H15N3/c15-12-7-5-10(6-8-12)14-16-9-11-3-1-2-4-13(11)17-14/h5-9H,1-4,15H2. The van der Waals surface area contributed by atoms with Crippen LogP contribution in [-0.4, -0.2) is 9.97 Å². The lowest BCUT2D eigenvalue weighted by molar-refractivity contribution is 0.663. The Labute approximate surface area is 101 Å². The van der Waals surface area contributed by atoms with E-state index < -0.39 is 0 Å². The number of rotatable bonds is 1. The van der Waals surface area contributed by atoms with Crippen LogP contribution in [0.5, 0.6) is 0 Å². The first-order chi connectivity index (χ1) is 8.33. The van der Waals surface area contributed by atoms with Crippen LogP contribution in [0.3, 0.4) is 0 Å². The van der Waals surface area contributed by atoms with E-state index in [1.807, 2.05) is 30.5 Å². The van der Waals surface area contributed by atoms with E-state index >= 15 is 0 Å². The third-order valence-electron chi connectivity index (χ3n) is 3.23. The van der Waals surface area contributed by atoms with E-state index in [-0.39, 0.29) is 0 Å². The van der Waals surface area contributed by atoms with Crippen LogP contribution in [0.15, 0.2) is 30.5 Å². The van der Waals surface area contributed by atoms with Crippen molar-refractivity contribution < 1.29 is 0 Å². The van der Waals surface area contributed by atoms with Crippen LogP contribution < -0.4 is 5.73 Å². The molecule has 0 saturated heterocycles. The van der Waals surface area contributed by atoms with E-state index in [1.54, 1.807) is 0 Å². The van der Waals surface area contributed by atoms with Crippen LogP contribution in [0.4, 0.5) is 5.69 Å². The van der Waals surface area contributed by atoms with Crippen molar-refractivity contribution in [3.05, 3.63) is 41.7 Å². The molecule has 1 aromatic heterocycles. The average molecular weight is 225 g/mol. The molecule has 0 bridgehead atoms. The van der Waals surface area contributed by atoms with Crippen LogP contribution in [0.25, 0.3) is 11.4 Å². The van der Waals surface area contributed by atoms with Gasteiger partial charge in [0.1, 0.15) is 0 Å². The monoisotopic (exact) mass is 225 g/mol. The maximum absolute atomic E-state index is 5.67. The molecule has 86 valence electrons. The van der Waals surface area contributed by atoms with E-state index in [0.29, 0.717) is 0 Å². The van der Waals surface area contributed by atoms with Crippen molar-refractivity contribution in [1.29, 1.82) is 0 Å². The van der Waals surface area contributed by atoms with Gasteiger partial charge in [0.05, 0.1) is 0 Å². The number of fused-ring (bicyclic) bond motifs is 1. The fourth-order valence-corrected chi connectivity index (χ4v) is 2.25. The Morgan fingerprint density at radius 3 is 2.59 bits per heavy atom. The highest BCUT2D eigenvalue weighted by atomic mass is 14.9. The summed E-state index contributed by atoms with van der Waals surface area (Å²) in [6.07, 6.45) is 6.69. The van der Waals surface area contributed by atoms with Crippen LogP contribution in [0.2, 0.25) is 0 Å². The Morgan fingerprint density at radius 1 is 1.00 bits per heavy atom. The zero-order valence-corrected chi connectivity index (χ0v) is 9.69. The number of hydrogen-bond acceptors (Lipinski definition) is 3. The minimum absolute atomic E-state index is 0.770. The fraction of sp³-hybridized carbons (Fsp3) is 0.286. The highest BCUT2D eigenvalue weighted by Crippen LogP contribution is 2.22. The fourth-order valence-electron chi connectivity index (χ4n) is 2.25. The number of anilines is 1.